The van der Waals surface area contributed by atoms with E-state index < -0.39 is 12.1 Å². The summed E-state index contributed by atoms with van der Waals surface area (Å²) < 4.78 is 23.1. The van der Waals surface area contributed by atoms with Gasteiger partial charge in [-0.25, -0.2) is 9.18 Å². The summed E-state index contributed by atoms with van der Waals surface area (Å²) in [6.45, 7) is 3.43. The van der Waals surface area contributed by atoms with Gasteiger partial charge in [0.25, 0.3) is 5.91 Å². The lowest BCUT2D eigenvalue weighted by atomic mass is 10.1. The van der Waals surface area contributed by atoms with Gasteiger partial charge in [0.05, 0.1) is 18.7 Å². The summed E-state index contributed by atoms with van der Waals surface area (Å²) in [5.41, 5.74) is 1.20. The molecule has 0 unspecified atom stereocenters. The Morgan fingerprint density at radius 3 is 2.16 bits per heavy atom. The molecule has 6 heteroatoms. The molecule has 0 saturated carbocycles. The van der Waals surface area contributed by atoms with Gasteiger partial charge >= 0.3 is 5.97 Å². The molecule has 0 aliphatic carbocycles. The van der Waals surface area contributed by atoms with Gasteiger partial charge in [0, 0.05) is 0 Å². The van der Waals surface area contributed by atoms with E-state index in [1.807, 2.05) is 6.92 Å². The summed E-state index contributed by atoms with van der Waals surface area (Å²) in [6.07, 6.45) is -0.730. The van der Waals surface area contributed by atoms with Gasteiger partial charge in [-0.05, 0) is 55.8 Å². The zero-order valence-electron chi connectivity index (χ0n) is 14.3. The topological polar surface area (TPSA) is 64.6 Å². The summed E-state index contributed by atoms with van der Waals surface area (Å²) >= 11 is 0. The third-order valence-electron chi connectivity index (χ3n) is 3.69. The lowest BCUT2D eigenvalue weighted by Gasteiger charge is -2.19. The van der Waals surface area contributed by atoms with E-state index >= 15 is 0 Å². The van der Waals surface area contributed by atoms with Gasteiger partial charge in [-0.15, -0.1) is 0 Å². The minimum atomic E-state index is -0.730. The molecule has 0 bridgehead atoms. The molecule has 2 rings (SSSR count). The second-order valence-electron chi connectivity index (χ2n) is 5.56. The Balaban J connectivity index is 1.93. The SMILES string of the molecule is COC(=O)c1ccc(O[C@@H](C)C(=O)N[C@H](C)c2ccc(F)cc2)cc1. The maximum atomic E-state index is 12.9. The van der Waals surface area contributed by atoms with Crippen LogP contribution in [0.1, 0.15) is 35.8 Å². The predicted molar refractivity (Wildman–Crippen MR) is 90.8 cm³/mol. The van der Waals surface area contributed by atoms with Gasteiger partial charge in [0.15, 0.2) is 6.10 Å². The van der Waals surface area contributed by atoms with Crippen molar-refractivity contribution in [3.05, 3.63) is 65.5 Å². The Labute approximate surface area is 145 Å². The number of carbonyl (C=O) groups excluding carboxylic acids is 2. The first-order valence-corrected chi connectivity index (χ1v) is 7.81. The zero-order valence-corrected chi connectivity index (χ0v) is 14.3. The van der Waals surface area contributed by atoms with E-state index in [1.165, 1.54) is 19.2 Å². The molecule has 5 nitrogen and oxygen atoms in total. The van der Waals surface area contributed by atoms with Crippen molar-refractivity contribution in [1.29, 1.82) is 0 Å². The number of esters is 1. The van der Waals surface area contributed by atoms with Gasteiger partial charge in [0.1, 0.15) is 11.6 Å². The smallest absolute Gasteiger partial charge is 0.337 e. The molecule has 25 heavy (non-hydrogen) atoms. The van der Waals surface area contributed by atoms with E-state index in [1.54, 1.807) is 43.3 Å². The normalized spacial score (nSPS) is 12.8. The third-order valence-corrected chi connectivity index (χ3v) is 3.69. The second-order valence-corrected chi connectivity index (χ2v) is 5.56. The van der Waals surface area contributed by atoms with E-state index in [0.717, 1.165) is 5.56 Å². The number of nitrogens with one attached hydrogen (secondary N) is 1. The molecule has 0 aliphatic heterocycles. The molecule has 132 valence electrons. The van der Waals surface area contributed by atoms with Crippen LogP contribution in [0.15, 0.2) is 48.5 Å². The summed E-state index contributed by atoms with van der Waals surface area (Å²) in [5, 5.41) is 2.81. The maximum absolute atomic E-state index is 12.9. The quantitative estimate of drug-likeness (QED) is 0.816. The van der Waals surface area contributed by atoms with Crippen molar-refractivity contribution in [3.8, 4) is 5.75 Å². The molecule has 2 aromatic carbocycles. The summed E-state index contributed by atoms with van der Waals surface area (Å²) in [5.74, 6) is -0.599. The molecule has 0 heterocycles. The fourth-order valence-corrected chi connectivity index (χ4v) is 2.21. The van der Waals surface area contributed by atoms with Crippen LogP contribution in [0.2, 0.25) is 0 Å². The van der Waals surface area contributed by atoms with E-state index in [4.69, 9.17) is 4.74 Å². The Hall–Kier alpha value is -2.89. The molecule has 0 radical (unpaired) electrons. The molecular formula is C19H20FNO4. The monoisotopic (exact) mass is 345 g/mol. The van der Waals surface area contributed by atoms with E-state index in [2.05, 4.69) is 10.1 Å². The van der Waals surface area contributed by atoms with Crippen LogP contribution in [0, 0.1) is 5.82 Å². The fourth-order valence-electron chi connectivity index (χ4n) is 2.21. The van der Waals surface area contributed by atoms with E-state index in [-0.39, 0.29) is 17.8 Å². The zero-order chi connectivity index (χ0) is 18.4. The minimum Gasteiger partial charge on any atom is -0.481 e. The van der Waals surface area contributed by atoms with Crippen molar-refractivity contribution in [2.45, 2.75) is 26.0 Å². The Kier molecular flexibility index (Phi) is 6.11. The third kappa shape index (κ3) is 5.04. The van der Waals surface area contributed by atoms with Crippen molar-refractivity contribution in [2.75, 3.05) is 7.11 Å². The van der Waals surface area contributed by atoms with Crippen molar-refractivity contribution >= 4 is 11.9 Å². The highest BCUT2D eigenvalue weighted by atomic mass is 19.1. The molecule has 1 N–H and O–H groups in total. The Morgan fingerprint density at radius 2 is 1.60 bits per heavy atom. The number of hydrogen-bond acceptors (Lipinski definition) is 4. The first-order valence-electron chi connectivity index (χ1n) is 7.81. The van der Waals surface area contributed by atoms with Crippen molar-refractivity contribution < 1.29 is 23.5 Å². The molecule has 2 atom stereocenters. The first kappa shape index (κ1) is 18.4. The number of amides is 1. The number of benzene rings is 2. The largest absolute Gasteiger partial charge is 0.481 e. The molecule has 0 saturated heterocycles. The highest BCUT2D eigenvalue weighted by Crippen LogP contribution is 2.16. The van der Waals surface area contributed by atoms with Crippen molar-refractivity contribution in [1.82, 2.24) is 5.32 Å². The fraction of sp³-hybridized carbons (Fsp3) is 0.263. The molecule has 0 aromatic heterocycles. The first-order chi connectivity index (χ1) is 11.9. The van der Waals surface area contributed by atoms with E-state index in [0.29, 0.717) is 11.3 Å². The highest BCUT2D eigenvalue weighted by Gasteiger charge is 2.18. The van der Waals surface area contributed by atoms with Gasteiger partial charge in [0.2, 0.25) is 0 Å². The van der Waals surface area contributed by atoms with Gasteiger partial charge in [-0.1, -0.05) is 12.1 Å². The highest BCUT2D eigenvalue weighted by molar-refractivity contribution is 5.89. The average molecular weight is 345 g/mol. The van der Waals surface area contributed by atoms with Crippen LogP contribution < -0.4 is 10.1 Å². The number of ether oxygens (including phenoxy) is 2. The second kappa shape index (κ2) is 8.28. The summed E-state index contributed by atoms with van der Waals surface area (Å²) in [6, 6.07) is 12.0. The van der Waals surface area contributed by atoms with Crippen LogP contribution in [-0.4, -0.2) is 25.1 Å². The van der Waals surface area contributed by atoms with E-state index in [9.17, 15) is 14.0 Å². The van der Waals surface area contributed by atoms with Crippen LogP contribution in [0.4, 0.5) is 4.39 Å². The average Bonchev–Trinajstić information content (AvgIpc) is 2.62. The van der Waals surface area contributed by atoms with Crippen LogP contribution in [0.5, 0.6) is 5.75 Å². The van der Waals surface area contributed by atoms with Crippen molar-refractivity contribution in [3.63, 3.8) is 0 Å². The number of carbonyl (C=O) groups is 2. The minimum absolute atomic E-state index is 0.277. The Morgan fingerprint density at radius 1 is 1.00 bits per heavy atom. The predicted octanol–water partition coefficient (Wildman–Crippen LogP) is 3.26. The standard InChI is InChI=1S/C19H20FNO4/c1-12(14-4-8-16(20)9-5-14)21-18(22)13(2)25-17-10-6-15(7-11-17)19(23)24-3/h4-13H,1-3H3,(H,21,22)/t12-,13+/m1/s1. The number of methoxy groups -OCH3 is 1. The number of halogens is 1. The lowest BCUT2D eigenvalue weighted by molar-refractivity contribution is -0.127. The molecule has 2 aromatic rings. The summed E-state index contributed by atoms with van der Waals surface area (Å²) in [7, 11) is 1.31. The summed E-state index contributed by atoms with van der Waals surface area (Å²) in [4.78, 5) is 23.6. The number of hydrogen-bond donors (Lipinski definition) is 1. The van der Waals surface area contributed by atoms with Crippen LogP contribution in [0.25, 0.3) is 0 Å². The maximum Gasteiger partial charge on any atom is 0.337 e. The van der Waals surface area contributed by atoms with Gasteiger partial charge in [-0.2, -0.15) is 0 Å². The van der Waals surface area contributed by atoms with Crippen molar-refractivity contribution in [2.24, 2.45) is 0 Å². The van der Waals surface area contributed by atoms with Crippen LogP contribution >= 0.6 is 0 Å². The van der Waals surface area contributed by atoms with Crippen LogP contribution in [-0.2, 0) is 9.53 Å². The molecule has 1 amide bonds. The molecule has 0 fully saturated rings. The van der Waals surface area contributed by atoms with Gasteiger partial charge in [-0.3, -0.25) is 4.79 Å². The van der Waals surface area contributed by atoms with Crippen LogP contribution in [0.3, 0.4) is 0 Å². The molecule has 0 spiro atoms. The lowest BCUT2D eigenvalue weighted by Crippen LogP contribution is -2.37. The molecular weight excluding hydrogens is 325 g/mol. The van der Waals surface area contributed by atoms with Gasteiger partial charge < -0.3 is 14.8 Å². The Bertz CT molecular complexity index is 728. The number of rotatable bonds is 6. The molecule has 0 aliphatic rings.